The van der Waals surface area contributed by atoms with Gasteiger partial charge < -0.3 is 4.98 Å². The van der Waals surface area contributed by atoms with Gasteiger partial charge in [-0.05, 0) is 47.4 Å². The summed E-state index contributed by atoms with van der Waals surface area (Å²) in [6.07, 6.45) is 2.82. The third-order valence-corrected chi connectivity index (χ3v) is 8.00. The molecule has 5 heteroatoms. The van der Waals surface area contributed by atoms with Crippen molar-refractivity contribution in [1.29, 1.82) is 0 Å². The van der Waals surface area contributed by atoms with Crippen molar-refractivity contribution in [3.05, 3.63) is 127 Å². The molecule has 0 atom stereocenters. The molecule has 0 aliphatic carbocycles. The molecule has 0 aliphatic heterocycles. The minimum atomic E-state index is 0. The van der Waals surface area contributed by atoms with Gasteiger partial charge in [-0.2, -0.15) is 5.52 Å². The van der Waals surface area contributed by atoms with Gasteiger partial charge in [0.2, 0.25) is 0 Å². The maximum atomic E-state index is 5.21. The second-order valence-electron chi connectivity index (χ2n) is 11.4. The zero-order valence-corrected chi connectivity index (χ0v) is 26.1. The molecule has 0 spiro atoms. The Morgan fingerprint density at radius 3 is 2.37 bits per heavy atom. The zero-order chi connectivity index (χ0) is 28.2. The molecule has 0 aliphatic rings. The summed E-state index contributed by atoms with van der Waals surface area (Å²) in [6, 6.07) is 41.8. The van der Waals surface area contributed by atoms with Crippen LogP contribution in [0.4, 0.5) is 0 Å². The van der Waals surface area contributed by atoms with Crippen molar-refractivity contribution in [3.8, 4) is 28.2 Å². The molecular weight excluding hydrogens is 708 g/mol. The molecule has 0 bridgehead atoms. The summed E-state index contributed by atoms with van der Waals surface area (Å²) in [4.78, 5) is 15.0. The van der Waals surface area contributed by atoms with Crippen LogP contribution in [-0.4, -0.2) is 14.5 Å². The van der Waals surface area contributed by atoms with E-state index < -0.39 is 0 Å². The average Bonchev–Trinajstić information content (AvgIpc) is 3.57. The van der Waals surface area contributed by atoms with Gasteiger partial charge in [0.1, 0.15) is 11.5 Å². The van der Waals surface area contributed by atoms with E-state index >= 15 is 0 Å². The number of pyridine rings is 2. The van der Waals surface area contributed by atoms with Crippen LogP contribution in [0.15, 0.2) is 115 Å². The molecule has 0 fully saturated rings. The van der Waals surface area contributed by atoms with Gasteiger partial charge in [-0.15, -0.1) is 34.8 Å². The topological polar surface area (TPSA) is 44.8 Å². The number of rotatable bonds is 5. The fourth-order valence-corrected chi connectivity index (χ4v) is 6.25. The van der Waals surface area contributed by atoms with E-state index in [1.165, 1.54) is 21.7 Å². The molecule has 0 unspecified atom stereocenters. The molecule has 43 heavy (non-hydrogen) atoms. The largest absolute Gasteiger partial charge is 2.00 e. The molecule has 8 rings (SSSR count). The van der Waals surface area contributed by atoms with Crippen molar-refractivity contribution in [3.63, 3.8) is 0 Å². The third kappa shape index (κ3) is 4.67. The third-order valence-electron chi connectivity index (χ3n) is 8.00. The van der Waals surface area contributed by atoms with E-state index in [0.29, 0.717) is 5.92 Å². The number of aromatic nitrogens is 4. The minimum absolute atomic E-state index is 0. The van der Waals surface area contributed by atoms with Crippen molar-refractivity contribution in [2.45, 2.75) is 20.3 Å². The van der Waals surface area contributed by atoms with E-state index in [1.54, 1.807) is 0 Å². The van der Waals surface area contributed by atoms with Crippen molar-refractivity contribution < 1.29 is 21.1 Å². The van der Waals surface area contributed by atoms with Crippen LogP contribution in [-0.2, 0) is 27.5 Å². The van der Waals surface area contributed by atoms with Gasteiger partial charge >= 0.3 is 21.1 Å². The second kappa shape index (κ2) is 10.9. The fourth-order valence-electron chi connectivity index (χ4n) is 6.25. The molecule has 0 saturated heterocycles. The van der Waals surface area contributed by atoms with E-state index in [-0.39, 0.29) is 21.1 Å². The smallest absolute Gasteiger partial charge is 0.663 e. The number of nitrogens with zero attached hydrogens (tertiary/aromatic N) is 4. The first-order valence-corrected chi connectivity index (χ1v) is 14.5. The molecule has 4 heterocycles. The van der Waals surface area contributed by atoms with E-state index in [2.05, 4.69) is 122 Å². The minimum Gasteiger partial charge on any atom is -0.663 e. The van der Waals surface area contributed by atoms with E-state index in [1.807, 2.05) is 18.3 Å². The SMILES string of the molecule is CC(C)Cc1cc(-c2cccc(-n3c4ccccc4c4cccnc43)n2)[c-]c(-c2cccc3c2[n-]c2ccccc23)c1.[Pt+2]. The Kier molecular flexibility index (Phi) is 6.95. The predicted molar refractivity (Wildman–Crippen MR) is 173 cm³/mol. The van der Waals surface area contributed by atoms with Crippen LogP contribution in [0.3, 0.4) is 0 Å². The molecule has 210 valence electrons. The molecule has 8 aromatic rings. The Balaban J connectivity index is 0.00000300. The Morgan fingerprint density at radius 1 is 0.744 bits per heavy atom. The number of hydrogen-bond acceptors (Lipinski definition) is 2. The van der Waals surface area contributed by atoms with Crippen molar-refractivity contribution in [1.82, 2.24) is 19.5 Å². The summed E-state index contributed by atoms with van der Waals surface area (Å²) in [5, 5.41) is 4.65. The average molecular weight is 736 g/mol. The summed E-state index contributed by atoms with van der Waals surface area (Å²) in [7, 11) is 0. The Labute approximate surface area is 264 Å². The monoisotopic (exact) mass is 735 g/mol. The molecule has 0 amide bonds. The van der Waals surface area contributed by atoms with Crippen molar-refractivity contribution in [2.75, 3.05) is 0 Å². The number of para-hydroxylation sites is 3. The summed E-state index contributed by atoms with van der Waals surface area (Å²) < 4.78 is 2.16. The van der Waals surface area contributed by atoms with E-state index in [0.717, 1.165) is 62.2 Å². The van der Waals surface area contributed by atoms with Gasteiger partial charge in [-0.3, -0.25) is 9.55 Å². The van der Waals surface area contributed by atoms with E-state index in [4.69, 9.17) is 15.0 Å². The molecule has 0 saturated carbocycles. The Bertz CT molecular complexity index is 2220. The molecule has 0 N–H and O–H groups in total. The van der Waals surface area contributed by atoms with Crippen LogP contribution in [0.1, 0.15) is 19.4 Å². The first-order valence-electron chi connectivity index (χ1n) is 14.5. The Hall–Kier alpha value is -4.53. The molecule has 0 radical (unpaired) electrons. The number of hydrogen-bond donors (Lipinski definition) is 0. The molecule has 4 aromatic carbocycles. The van der Waals surface area contributed by atoms with Gasteiger partial charge in [0, 0.05) is 22.7 Å². The normalized spacial score (nSPS) is 11.6. The molecular formula is C38H28N4Pt. The van der Waals surface area contributed by atoms with Crippen LogP contribution < -0.4 is 4.98 Å². The van der Waals surface area contributed by atoms with Gasteiger partial charge in [0.25, 0.3) is 0 Å². The first kappa shape index (κ1) is 27.3. The number of benzene rings is 4. The van der Waals surface area contributed by atoms with Crippen LogP contribution >= 0.6 is 0 Å². The van der Waals surface area contributed by atoms with Crippen LogP contribution in [0.5, 0.6) is 0 Å². The summed E-state index contributed by atoms with van der Waals surface area (Å²) in [5.74, 6) is 1.36. The summed E-state index contributed by atoms with van der Waals surface area (Å²) in [5.41, 5.74) is 9.31. The molecule has 4 aromatic heterocycles. The first-order chi connectivity index (χ1) is 20.6. The van der Waals surface area contributed by atoms with Gasteiger partial charge in [0.05, 0.1) is 5.52 Å². The maximum absolute atomic E-state index is 5.21. The standard InChI is InChI=1S/C38H28N4.Pt/c1-24(2)20-25-21-26(28-12-7-13-31-29-10-3-5-15-34(29)41-37(28)31)23-27(22-25)33-16-8-18-36(40-33)42-35-17-6-4-11-30(35)32-14-9-19-39-38(32)42;/h3-19,21-22,24H,20H2,1-2H3;/q-2;+2. The van der Waals surface area contributed by atoms with Crippen LogP contribution in [0.2, 0.25) is 0 Å². The van der Waals surface area contributed by atoms with Crippen molar-refractivity contribution in [2.24, 2.45) is 5.92 Å². The molecule has 4 nitrogen and oxygen atoms in total. The summed E-state index contributed by atoms with van der Waals surface area (Å²) >= 11 is 0. The van der Waals surface area contributed by atoms with Crippen LogP contribution in [0, 0.1) is 12.0 Å². The van der Waals surface area contributed by atoms with Gasteiger partial charge in [-0.25, -0.2) is 4.98 Å². The predicted octanol–water partition coefficient (Wildman–Crippen LogP) is 9.17. The maximum Gasteiger partial charge on any atom is 2.00 e. The zero-order valence-electron chi connectivity index (χ0n) is 23.9. The van der Waals surface area contributed by atoms with Gasteiger partial charge in [0.15, 0.2) is 0 Å². The van der Waals surface area contributed by atoms with Gasteiger partial charge in [-0.1, -0.05) is 97.8 Å². The number of fused-ring (bicyclic) bond motifs is 6. The fraction of sp³-hybridized carbons (Fsp3) is 0.105. The van der Waals surface area contributed by atoms with Crippen molar-refractivity contribution >= 4 is 43.7 Å². The summed E-state index contributed by atoms with van der Waals surface area (Å²) in [6.45, 7) is 4.52. The quantitative estimate of drug-likeness (QED) is 0.166. The van der Waals surface area contributed by atoms with E-state index in [9.17, 15) is 0 Å². The Morgan fingerprint density at radius 2 is 1.49 bits per heavy atom. The second-order valence-corrected chi connectivity index (χ2v) is 11.4. The van der Waals surface area contributed by atoms with Crippen LogP contribution in [0.25, 0.3) is 71.9 Å².